The molecule has 2 rings (SSSR count). The number of carbonyl (C=O) groups is 2. The van der Waals surface area contributed by atoms with E-state index in [1.807, 2.05) is 51.6 Å². The molecule has 25 heavy (non-hydrogen) atoms. The Kier molecular flexibility index (Phi) is 17.0. The number of carboxylic acid groups (broad SMARTS) is 1. The van der Waals surface area contributed by atoms with Crippen LogP contribution in [0.25, 0.3) is 0 Å². The number of likely N-dealkylation sites (N-methyl/N-ethyl adjacent to an activating group) is 3. The number of nitrogens with zero attached hydrogens (tertiary/aromatic N) is 2. The first kappa shape index (κ1) is 26.1. The highest BCUT2D eigenvalue weighted by molar-refractivity contribution is 5.81. The third-order valence-corrected chi connectivity index (χ3v) is 4.00. The molecule has 0 spiro atoms. The predicted octanol–water partition coefficient (Wildman–Crippen LogP) is 1.67. The van der Waals surface area contributed by atoms with Gasteiger partial charge in [0.25, 0.3) is 0 Å². The number of ether oxygens (including phenoxy) is 1. The first-order valence-electron chi connectivity index (χ1n) is 9.40. The van der Waals surface area contributed by atoms with Crippen LogP contribution in [0.1, 0.15) is 47.0 Å². The Hall–Kier alpha value is -1.18. The van der Waals surface area contributed by atoms with Crippen molar-refractivity contribution in [2.75, 3.05) is 47.4 Å². The van der Waals surface area contributed by atoms with Crippen LogP contribution in [0.15, 0.2) is 0 Å². The van der Waals surface area contributed by atoms with Crippen LogP contribution in [0.3, 0.4) is 0 Å². The van der Waals surface area contributed by atoms with Gasteiger partial charge in [0.1, 0.15) is 12.1 Å². The van der Waals surface area contributed by atoms with E-state index < -0.39 is 5.97 Å². The van der Waals surface area contributed by atoms with Gasteiger partial charge in [-0.3, -0.25) is 19.4 Å². The van der Waals surface area contributed by atoms with E-state index in [1.165, 1.54) is 0 Å². The number of hydrogen-bond donors (Lipinski definition) is 2. The van der Waals surface area contributed by atoms with E-state index in [2.05, 4.69) is 5.32 Å². The van der Waals surface area contributed by atoms with Gasteiger partial charge in [0, 0.05) is 13.6 Å². The highest BCUT2D eigenvalue weighted by Gasteiger charge is 2.25. The number of piperidine rings is 1. The first-order valence-corrected chi connectivity index (χ1v) is 9.40. The van der Waals surface area contributed by atoms with E-state index in [9.17, 15) is 9.59 Å². The number of morpholine rings is 1. The molecule has 2 aliphatic rings. The number of hydrogen-bond acceptors (Lipinski definition) is 5. The number of nitrogens with one attached hydrogen (secondary N) is 1. The van der Waals surface area contributed by atoms with Crippen LogP contribution < -0.4 is 5.32 Å². The molecule has 0 aromatic rings. The Morgan fingerprint density at radius 1 is 1.00 bits per heavy atom. The van der Waals surface area contributed by atoms with Crippen molar-refractivity contribution >= 4 is 11.9 Å². The van der Waals surface area contributed by atoms with Crippen molar-refractivity contribution in [1.29, 1.82) is 0 Å². The van der Waals surface area contributed by atoms with Gasteiger partial charge in [-0.1, -0.05) is 34.1 Å². The standard InChI is InChI=1S/C7H14N2O2.C7H13NO2.2C2H6/c1-8-7(10)6-5-11-4-3-9(6)2;1-8-5-3-2-4-6(8)7(9)10;2*1-2/h6H,3-5H2,1-2H3,(H,8,10);6H,2-5H2,1H3,(H,9,10);2*1-2H3. The predicted molar refractivity (Wildman–Crippen MR) is 102 cm³/mol. The fourth-order valence-corrected chi connectivity index (χ4v) is 2.52. The summed E-state index contributed by atoms with van der Waals surface area (Å²) in [5, 5.41) is 11.3. The molecule has 2 atom stereocenters. The van der Waals surface area contributed by atoms with Crippen LogP contribution in [-0.4, -0.2) is 86.3 Å². The summed E-state index contributed by atoms with van der Waals surface area (Å²) in [7, 11) is 5.45. The Labute approximate surface area is 153 Å². The quantitative estimate of drug-likeness (QED) is 0.779. The molecular formula is C18H39N3O4. The molecule has 0 aromatic carbocycles. The van der Waals surface area contributed by atoms with Crippen molar-refractivity contribution in [3.8, 4) is 0 Å². The average Bonchev–Trinajstić information content (AvgIpc) is 2.65. The van der Waals surface area contributed by atoms with Crippen molar-refractivity contribution in [2.45, 2.75) is 59.0 Å². The second kappa shape index (κ2) is 16.3. The molecule has 0 aromatic heterocycles. The molecule has 7 nitrogen and oxygen atoms in total. The van der Waals surface area contributed by atoms with E-state index in [-0.39, 0.29) is 18.0 Å². The van der Waals surface area contributed by atoms with Gasteiger partial charge in [0.2, 0.25) is 5.91 Å². The molecule has 2 saturated heterocycles. The number of carbonyl (C=O) groups excluding carboxylic acids is 1. The smallest absolute Gasteiger partial charge is 0.320 e. The largest absolute Gasteiger partial charge is 0.480 e. The van der Waals surface area contributed by atoms with Crippen LogP contribution in [-0.2, 0) is 14.3 Å². The highest BCUT2D eigenvalue weighted by atomic mass is 16.5. The Morgan fingerprint density at radius 3 is 1.96 bits per heavy atom. The third kappa shape index (κ3) is 10.4. The van der Waals surface area contributed by atoms with Crippen molar-refractivity contribution in [3.63, 3.8) is 0 Å². The van der Waals surface area contributed by atoms with Gasteiger partial charge in [-0.25, -0.2) is 0 Å². The van der Waals surface area contributed by atoms with Crippen LogP contribution in [0, 0.1) is 0 Å². The zero-order valence-corrected chi connectivity index (χ0v) is 17.2. The van der Waals surface area contributed by atoms with Gasteiger partial charge in [-0.2, -0.15) is 0 Å². The average molecular weight is 362 g/mol. The fraction of sp³-hybridized carbons (Fsp3) is 0.889. The van der Waals surface area contributed by atoms with Crippen LogP contribution in [0.4, 0.5) is 0 Å². The topological polar surface area (TPSA) is 82.1 Å². The Balaban J connectivity index is 0. The normalized spacial score (nSPS) is 23.5. The molecule has 2 heterocycles. The summed E-state index contributed by atoms with van der Waals surface area (Å²) in [4.78, 5) is 25.6. The minimum absolute atomic E-state index is 0.0344. The summed E-state index contributed by atoms with van der Waals surface area (Å²) >= 11 is 0. The fourth-order valence-electron chi connectivity index (χ4n) is 2.52. The Bertz CT molecular complexity index is 353. The summed E-state index contributed by atoms with van der Waals surface area (Å²) in [5.41, 5.74) is 0. The molecule has 2 aliphatic heterocycles. The van der Waals surface area contributed by atoms with Crippen molar-refractivity contribution in [2.24, 2.45) is 0 Å². The number of aliphatic carboxylic acids is 1. The third-order valence-electron chi connectivity index (χ3n) is 4.00. The van der Waals surface area contributed by atoms with E-state index in [4.69, 9.17) is 9.84 Å². The maximum atomic E-state index is 11.1. The Morgan fingerprint density at radius 2 is 1.56 bits per heavy atom. The van der Waals surface area contributed by atoms with Crippen LogP contribution in [0.5, 0.6) is 0 Å². The summed E-state index contributed by atoms with van der Waals surface area (Å²) in [6.45, 7) is 11.0. The number of carboxylic acids is 1. The minimum Gasteiger partial charge on any atom is -0.480 e. The van der Waals surface area contributed by atoms with E-state index in [0.717, 1.165) is 39.0 Å². The second-order valence-electron chi connectivity index (χ2n) is 5.52. The van der Waals surface area contributed by atoms with Crippen molar-refractivity contribution < 1.29 is 19.4 Å². The molecule has 0 saturated carbocycles. The monoisotopic (exact) mass is 361 g/mol. The molecule has 0 bridgehead atoms. The number of rotatable bonds is 2. The second-order valence-corrected chi connectivity index (χ2v) is 5.52. The van der Waals surface area contributed by atoms with Gasteiger partial charge in [0.15, 0.2) is 0 Å². The van der Waals surface area contributed by atoms with Crippen LogP contribution in [0.2, 0.25) is 0 Å². The molecule has 0 radical (unpaired) electrons. The summed E-state index contributed by atoms with van der Waals surface area (Å²) in [6.07, 6.45) is 3.01. The lowest BCUT2D eigenvalue weighted by Gasteiger charge is -2.30. The molecule has 1 amide bonds. The van der Waals surface area contributed by atoms with Crippen molar-refractivity contribution in [1.82, 2.24) is 15.1 Å². The lowest BCUT2D eigenvalue weighted by molar-refractivity contribution is -0.143. The molecule has 2 unspecified atom stereocenters. The van der Waals surface area contributed by atoms with Gasteiger partial charge in [-0.05, 0) is 33.5 Å². The van der Waals surface area contributed by atoms with E-state index in [1.54, 1.807) is 7.05 Å². The molecule has 2 N–H and O–H groups in total. The zero-order chi connectivity index (χ0) is 19.8. The lowest BCUT2D eigenvalue weighted by atomic mass is 10.0. The van der Waals surface area contributed by atoms with Gasteiger partial charge >= 0.3 is 5.97 Å². The maximum absolute atomic E-state index is 11.1. The first-order chi connectivity index (χ1) is 12.0. The summed E-state index contributed by atoms with van der Waals surface area (Å²) in [5.74, 6) is -0.644. The van der Waals surface area contributed by atoms with E-state index in [0.29, 0.717) is 6.61 Å². The maximum Gasteiger partial charge on any atom is 0.320 e. The number of amides is 1. The highest BCUT2D eigenvalue weighted by Crippen LogP contribution is 2.14. The molecule has 150 valence electrons. The number of likely N-dealkylation sites (tertiary alicyclic amines) is 1. The molecule has 7 heteroatoms. The van der Waals surface area contributed by atoms with Crippen molar-refractivity contribution in [3.05, 3.63) is 0 Å². The van der Waals surface area contributed by atoms with Gasteiger partial charge in [0.05, 0.1) is 13.2 Å². The molecular weight excluding hydrogens is 322 g/mol. The van der Waals surface area contributed by atoms with E-state index >= 15 is 0 Å². The SMILES string of the molecule is CC.CC.CN1CCCCC1C(=O)O.CNC(=O)C1COCCN1C. The minimum atomic E-state index is -0.679. The van der Waals surface area contributed by atoms with Crippen LogP contribution >= 0.6 is 0 Å². The molecule has 2 fully saturated rings. The lowest BCUT2D eigenvalue weighted by Crippen LogP contribution is -2.51. The summed E-state index contributed by atoms with van der Waals surface area (Å²) < 4.78 is 5.17. The molecule has 0 aliphatic carbocycles. The van der Waals surface area contributed by atoms with Gasteiger partial charge < -0.3 is 15.2 Å². The zero-order valence-electron chi connectivity index (χ0n) is 17.2. The van der Waals surface area contributed by atoms with Gasteiger partial charge in [-0.15, -0.1) is 0 Å². The summed E-state index contributed by atoms with van der Waals surface area (Å²) in [6, 6.07) is -0.331.